The van der Waals surface area contributed by atoms with E-state index in [2.05, 4.69) is 4.98 Å². The summed E-state index contributed by atoms with van der Waals surface area (Å²) in [5, 5.41) is 21.1. The van der Waals surface area contributed by atoms with E-state index >= 15 is 0 Å². The normalized spacial score (nSPS) is 10.9. The predicted molar refractivity (Wildman–Crippen MR) is 91.5 cm³/mol. The van der Waals surface area contributed by atoms with Crippen molar-refractivity contribution in [3.63, 3.8) is 0 Å². The molecule has 0 saturated carbocycles. The van der Waals surface area contributed by atoms with Crippen LogP contribution in [0.5, 0.6) is 0 Å². The number of carboxylic acid groups (broad SMARTS) is 1. The first-order chi connectivity index (χ1) is 11.4. The number of rotatable bonds is 4. The van der Waals surface area contributed by atoms with Crippen molar-refractivity contribution in [1.82, 2.24) is 4.98 Å². The molecule has 0 aliphatic carbocycles. The SMILES string of the molecule is CCc1[nH]c2ccc(C(=O)O)c(C)c2c1-c1ccc([N+](=O)[O-])cc1. The Morgan fingerprint density at radius 3 is 2.42 bits per heavy atom. The Balaban J connectivity index is 2.30. The van der Waals surface area contributed by atoms with Crippen LogP contribution in [0.25, 0.3) is 22.0 Å². The van der Waals surface area contributed by atoms with Crippen LogP contribution in [0.1, 0.15) is 28.5 Å². The number of nitro groups is 1. The molecule has 6 heteroatoms. The van der Waals surface area contributed by atoms with Gasteiger partial charge in [0.25, 0.3) is 5.69 Å². The lowest BCUT2D eigenvalue weighted by molar-refractivity contribution is -0.384. The van der Waals surface area contributed by atoms with Crippen LogP contribution in [0.4, 0.5) is 5.69 Å². The van der Waals surface area contributed by atoms with E-state index in [0.717, 1.165) is 34.1 Å². The lowest BCUT2D eigenvalue weighted by atomic mass is 9.95. The standard InChI is InChI=1S/C18H16N2O4/c1-3-14-17(11-4-6-12(7-5-11)20(23)24)16-10(2)13(18(21)22)8-9-15(16)19-14/h4-9,19H,3H2,1-2H3,(H,21,22). The summed E-state index contributed by atoms with van der Waals surface area (Å²) in [5.74, 6) is -0.969. The average Bonchev–Trinajstić information content (AvgIpc) is 2.94. The minimum absolute atomic E-state index is 0.0274. The van der Waals surface area contributed by atoms with Gasteiger partial charge in [0.2, 0.25) is 0 Å². The summed E-state index contributed by atoms with van der Waals surface area (Å²) < 4.78 is 0. The van der Waals surface area contributed by atoms with Crippen molar-refractivity contribution in [2.75, 3.05) is 0 Å². The zero-order chi connectivity index (χ0) is 17.4. The van der Waals surface area contributed by atoms with Crippen LogP contribution < -0.4 is 0 Å². The van der Waals surface area contributed by atoms with E-state index in [9.17, 15) is 20.0 Å². The highest BCUT2D eigenvalue weighted by Gasteiger charge is 2.19. The number of nitro benzene ring substituents is 1. The van der Waals surface area contributed by atoms with E-state index in [-0.39, 0.29) is 11.3 Å². The summed E-state index contributed by atoms with van der Waals surface area (Å²) in [4.78, 5) is 25.2. The highest BCUT2D eigenvalue weighted by Crippen LogP contribution is 2.36. The number of nitrogens with zero attached hydrogens (tertiary/aromatic N) is 1. The molecule has 0 amide bonds. The second-order valence-corrected chi connectivity index (χ2v) is 5.60. The maximum atomic E-state index is 11.4. The van der Waals surface area contributed by atoms with Crippen LogP contribution in [0.15, 0.2) is 36.4 Å². The molecule has 0 fully saturated rings. The lowest BCUT2D eigenvalue weighted by Crippen LogP contribution is -1.99. The van der Waals surface area contributed by atoms with Gasteiger partial charge in [-0.05, 0) is 48.7 Å². The van der Waals surface area contributed by atoms with E-state index in [1.165, 1.54) is 12.1 Å². The number of hydrogen-bond acceptors (Lipinski definition) is 3. The van der Waals surface area contributed by atoms with Crippen molar-refractivity contribution >= 4 is 22.6 Å². The number of benzene rings is 2. The van der Waals surface area contributed by atoms with Crippen molar-refractivity contribution in [1.29, 1.82) is 0 Å². The molecule has 1 aromatic heterocycles. The zero-order valence-corrected chi connectivity index (χ0v) is 13.3. The van der Waals surface area contributed by atoms with Gasteiger partial charge in [-0.3, -0.25) is 10.1 Å². The predicted octanol–water partition coefficient (Wildman–Crippen LogP) is 4.31. The van der Waals surface area contributed by atoms with Crippen molar-refractivity contribution < 1.29 is 14.8 Å². The molecule has 0 unspecified atom stereocenters. The second-order valence-electron chi connectivity index (χ2n) is 5.60. The summed E-state index contributed by atoms with van der Waals surface area (Å²) in [7, 11) is 0. The van der Waals surface area contributed by atoms with Gasteiger partial charge >= 0.3 is 5.97 Å². The molecular weight excluding hydrogens is 308 g/mol. The van der Waals surface area contributed by atoms with Gasteiger partial charge in [-0.1, -0.05) is 6.92 Å². The van der Waals surface area contributed by atoms with Crippen LogP contribution in [0.3, 0.4) is 0 Å². The Morgan fingerprint density at radius 1 is 1.21 bits per heavy atom. The molecular formula is C18H16N2O4. The molecule has 24 heavy (non-hydrogen) atoms. The third kappa shape index (κ3) is 2.42. The van der Waals surface area contributed by atoms with E-state index in [4.69, 9.17) is 0 Å². The average molecular weight is 324 g/mol. The maximum absolute atomic E-state index is 11.4. The van der Waals surface area contributed by atoms with Crippen molar-refractivity contribution in [3.05, 3.63) is 63.3 Å². The Labute approximate surface area is 137 Å². The summed E-state index contributed by atoms with van der Waals surface area (Å²) in [6.07, 6.45) is 0.739. The van der Waals surface area contributed by atoms with Crippen molar-refractivity contribution in [2.45, 2.75) is 20.3 Å². The largest absolute Gasteiger partial charge is 0.478 e. The Bertz CT molecular complexity index is 955. The van der Waals surface area contributed by atoms with E-state index in [1.54, 1.807) is 31.2 Å². The van der Waals surface area contributed by atoms with Gasteiger partial charge in [0.05, 0.1) is 10.5 Å². The van der Waals surface area contributed by atoms with Crippen LogP contribution in [-0.4, -0.2) is 21.0 Å². The zero-order valence-electron chi connectivity index (χ0n) is 13.3. The monoisotopic (exact) mass is 324 g/mol. The molecule has 0 bridgehead atoms. The Morgan fingerprint density at radius 2 is 1.88 bits per heavy atom. The van der Waals surface area contributed by atoms with Gasteiger partial charge in [0, 0.05) is 34.3 Å². The van der Waals surface area contributed by atoms with Gasteiger partial charge in [-0.25, -0.2) is 4.79 Å². The molecule has 0 radical (unpaired) electrons. The van der Waals surface area contributed by atoms with E-state index in [1.807, 2.05) is 6.92 Å². The molecule has 0 spiro atoms. The molecule has 2 N–H and O–H groups in total. The molecule has 3 rings (SSSR count). The second kappa shape index (κ2) is 5.81. The number of hydrogen-bond donors (Lipinski definition) is 2. The van der Waals surface area contributed by atoms with Crippen molar-refractivity contribution in [3.8, 4) is 11.1 Å². The van der Waals surface area contributed by atoms with Crippen LogP contribution in [0, 0.1) is 17.0 Å². The number of fused-ring (bicyclic) bond motifs is 1. The van der Waals surface area contributed by atoms with Crippen LogP contribution in [-0.2, 0) is 6.42 Å². The number of aromatic amines is 1. The highest BCUT2D eigenvalue weighted by atomic mass is 16.6. The molecule has 0 aliphatic heterocycles. The van der Waals surface area contributed by atoms with Crippen molar-refractivity contribution in [2.24, 2.45) is 0 Å². The molecule has 122 valence electrons. The highest BCUT2D eigenvalue weighted by molar-refractivity contribution is 6.04. The van der Waals surface area contributed by atoms with E-state index < -0.39 is 10.9 Å². The summed E-state index contributed by atoms with van der Waals surface area (Å²) >= 11 is 0. The molecule has 6 nitrogen and oxygen atoms in total. The first-order valence-electron chi connectivity index (χ1n) is 7.56. The number of carboxylic acids is 1. The molecule has 3 aromatic rings. The quantitative estimate of drug-likeness (QED) is 0.552. The third-order valence-corrected chi connectivity index (χ3v) is 4.25. The number of aryl methyl sites for hydroxylation is 2. The van der Waals surface area contributed by atoms with Gasteiger partial charge in [0.1, 0.15) is 0 Å². The van der Waals surface area contributed by atoms with E-state index in [0.29, 0.717) is 5.56 Å². The smallest absolute Gasteiger partial charge is 0.335 e. The summed E-state index contributed by atoms with van der Waals surface area (Å²) in [5.41, 5.74) is 4.54. The Hall–Kier alpha value is -3.15. The summed E-state index contributed by atoms with van der Waals surface area (Å²) in [6, 6.07) is 9.68. The number of nitrogens with one attached hydrogen (secondary N) is 1. The topological polar surface area (TPSA) is 96.2 Å². The molecule has 0 saturated heterocycles. The third-order valence-electron chi connectivity index (χ3n) is 4.25. The fourth-order valence-electron chi connectivity index (χ4n) is 3.08. The van der Waals surface area contributed by atoms with Crippen LogP contribution in [0.2, 0.25) is 0 Å². The van der Waals surface area contributed by atoms with Gasteiger partial charge in [-0.15, -0.1) is 0 Å². The minimum Gasteiger partial charge on any atom is -0.478 e. The fraction of sp³-hybridized carbons (Fsp3) is 0.167. The van der Waals surface area contributed by atoms with Gasteiger partial charge < -0.3 is 10.1 Å². The number of H-pyrrole nitrogens is 1. The number of non-ortho nitro benzene ring substituents is 1. The fourth-order valence-corrected chi connectivity index (χ4v) is 3.08. The van der Waals surface area contributed by atoms with Gasteiger partial charge in [0.15, 0.2) is 0 Å². The molecule has 2 aromatic carbocycles. The minimum atomic E-state index is -0.969. The first kappa shape index (κ1) is 15.7. The molecule has 1 heterocycles. The number of carbonyl (C=O) groups is 1. The van der Waals surface area contributed by atoms with Gasteiger partial charge in [-0.2, -0.15) is 0 Å². The molecule has 0 aliphatic rings. The first-order valence-corrected chi connectivity index (χ1v) is 7.56. The Kier molecular flexibility index (Phi) is 3.81. The lowest BCUT2D eigenvalue weighted by Gasteiger charge is -2.07. The number of aromatic nitrogens is 1. The number of aromatic carboxylic acids is 1. The molecule has 0 atom stereocenters. The van der Waals surface area contributed by atoms with Crippen LogP contribution >= 0.6 is 0 Å². The maximum Gasteiger partial charge on any atom is 0.335 e. The summed E-state index contributed by atoms with van der Waals surface area (Å²) in [6.45, 7) is 3.79.